The van der Waals surface area contributed by atoms with Gasteiger partial charge in [0.05, 0.1) is 13.7 Å². The summed E-state index contributed by atoms with van der Waals surface area (Å²) in [5.74, 6) is -1.44. The lowest BCUT2D eigenvalue weighted by atomic mass is 10.3. The zero-order valence-corrected chi connectivity index (χ0v) is 7.77. The monoisotopic (exact) mass is 199 g/mol. The first kappa shape index (κ1) is 10.2. The molecule has 0 unspecified atom stereocenters. The minimum absolute atomic E-state index is 0.0597. The second kappa shape index (κ2) is 4.40. The predicted octanol–water partition coefficient (Wildman–Crippen LogP) is 0.638. The zero-order valence-electron chi connectivity index (χ0n) is 7.77. The van der Waals surface area contributed by atoms with Gasteiger partial charge in [0.25, 0.3) is 0 Å². The van der Waals surface area contributed by atoms with E-state index in [4.69, 9.17) is 0 Å². The maximum atomic E-state index is 11.1. The van der Waals surface area contributed by atoms with Crippen LogP contribution in [0.3, 0.4) is 0 Å². The number of methoxy groups -OCH3 is 1. The van der Waals surface area contributed by atoms with Crippen LogP contribution in [0.1, 0.15) is 28.0 Å². The van der Waals surface area contributed by atoms with E-state index >= 15 is 0 Å². The van der Waals surface area contributed by atoms with Crippen molar-refractivity contribution in [1.29, 1.82) is 0 Å². The van der Waals surface area contributed by atoms with Crippen LogP contribution in [0.2, 0.25) is 0 Å². The Kier molecular flexibility index (Phi) is 3.22. The summed E-state index contributed by atoms with van der Waals surface area (Å²) in [7, 11) is 1.21. The van der Waals surface area contributed by atoms with Crippen LogP contribution in [0.4, 0.5) is 0 Å². The van der Waals surface area contributed by atoms with Gasteiger partial charge >= 0.3 is 11.9 Å². The Balaban J connectivity index is 2.77. The molecule has 6 heteroatoms. The molecule has 0 aliphatic carbocycles. The highest BCUT2D eigenvalue weighted by Gasteiger charge is 2.18. The molecule has 0 amide bonds. The molecule has 0 aliphatic heterocycles. The van der Waals surface area contributed by atoms with Gasteiger partial charge in [0.2, 0.25) is 5.76 Å². The highest BCUT2D eigenvalue weighted by molar-refractivity contribution is 5.92. The van der Waals surface area contributed by atoms with Crippen molar-refractivity contribution < 1.29 is 23.6 Å². The summed E-state index contributed by atoms with van der Waals surface area (Å²) in [6.45, 7) is 1.89. The maximum Gasteiger partial charge on any atom is 0.377 e. The highest BCUT2D eigenvalue weighted by Crippen LogP contribution is 2.06. The summed E-state index contributed by atoms with van der Waals surface area (Å²) in [4.78, 5) is 22.0. The minimum atomic E-state index is -0.663. The van der Waals surface area contributed by atoms with Gasteiger partial charge in [-0.15, -0.1) is 0 Å². The van der Waals surface area contributed by atoms with E-state index in [2.05, 4.69) is 19.2 Å². The number of aromatic nitrogens is 1. The molecule has 1 aromatic rings. The topological polar surface area (TPSA) is 78.6 Å². The van der Waals surface area contributed by atoms with Crippen LogP contribution in [-0.4, -0.2) is 30.8 Å². The molecule has 14 heavy (non-hydrogen) atoms. The fourth-order valence-corrected chi connectivity index (χ4v) is 0.774. The molecule has 0 atom stereocenters. The summed E-state index contributed by atoms with van der Waals surface area (Å²) >= 11 is 0. The van der Waals surface area contributed by atoms with E-state index in [1.165, 1.54) is 13.2 Å². The normalized spacial score (nSPS) is 9.57. The third-order valence-electron chi connectivity index (χ3n) is 1.38. The molecule has 1 rings (SSSR count). The van der Waals surface area contributed by atoms with E-state index in [9.17, 15) is 9.59 Å². The van der Waals surface area contributed by atoms with Crippen molar-refractivity contribution in [2.45, 2.75) is 6.92 Å². The van der Waals surface area contributed by atoms with Gasteiger partial charge in [0.15, 0.2) is 5.69 Å². The Labute approximate surface area is 79.8 Å². The standard InChI is InChI=1S/C8H9NO5/c1-3-13-8(11)6-4-5(9-14-6)7(10)12-2/h4H,3H2,1-2H3. The molecule has 0 aliphatic rings. The van der Waals surface area contributed by atoms with Gasteiger partial charge in [0, 0.05) is 6.07 Å². The molecule has 76 valence electrons. The van der Waals surface area contributed by atoms with E-state index in [0.717, 1.165) is 0 Å². The molecule has 0 spiro atoms. The zero-order chi connectivity index (χ0) is 10.6. The van der Waals surface area contributed by atoms with Gasteiger partial charge in [-0.25, -0.2) is 9.59 Å². The lowest BCUT2D eigenvalue weighted by Crippen LogP contribution is -2.03. The highest BCUT2D eigenvalue weighted by atomic mass is 16.6. The molecule has 0 bridgehead atoms. The Morgan fingerprint density at radius 3 is 2.79 bits per heavy atom. The SMILES string of the molecule is CCOC(=O)c1cc(C(=O)OC)no1. The van der Waals surface area contributed by atoms with Gasteiger partial charge in [-0.1, -0.05) is 5.16 Å². The van der Waals surface area contributed by atoms with Gasteiger partial charge in [-0.2, -0.15) is 0 Å². The van der Waals surface area contributed by atoms with E-state index in [1.807, 2.05) is 0 Å². The molecule has 0 fully saturated rings. The van der Waals surface area contributed by atoms with Gasteiger partial charge in [-0.3, -0.25) is 0 Å². The fraction of sp³-hybridized carbons (Fsp3) is 0.375. The number of rotatable bonds is 3. The van der Waals surface area contributed by atoms with Gasteiger partial charge in [-0.05, 0) is 6.92 Å². The summed E-state index contributed by atoms with van der Waals surface area (Å²) in [6.07, 6.45) is 0. The molecule has 0 saturated heterocycles. The number of carbonyl (C=O) groups excluding carboxylic acids is 2. The quantitative estimate of drug-likeness (QED) is 0.664. The number of esters is 2. The van der Waals surface area contributed by atoms with Crippen molar-refractivity contribution in [1.82, 2.24) is 5.16 Å². The van der Waals surface area contributed by atoms with Crippen molar-refractivity contribution in [3.05, 3.63) is 17.5 Å². The van der Waals surface area contributed by atoms with Crippen molar-refractivity contribution in [3.8, 4) is 0 Å². The van der Waals surface area contributed by atoms with Crippen LogP contribution in [0, 0.1) is 0 Å². The van der Waals surface area contributed by atoms with E-state index in [0.29, 0.717) is 0 Å². The van der Waals surface area contributed by atoms with Crippen LogP contribution in [0.5, 0.6) is 0 Å². The van der Waals surface area contributed by atoms with Crippen molar-refractivity contribution >= 4 is 11.9 Å². The summed E-state index contributed by atoms with van der Waals surface area (Å²) < 4.78 is 13.6. The number of ether oxygens (including phenoxy) is 2. The second-order valence-electron chi connectivity index (χ2n) is 2.29. The first-order valence-electron chi connectivity index (χ1n) is 3.91. The first-order chi connectivity index (χ1) is 6.69. The Bertz CT molecular complexity index is 343. The summed E-state index contributed by atoms with van der Waals surface area (Å²) in [5, 5.41) is 3.34. The third-order valence-corrected chi connectivity index (χ3v) is 1.38. The van der Waals surface area contributed by atoms with Gasteiger partial charge in [0.1, 0.15) is 0 Å². The third kappa shape index (κ3) is 2.09. The average Bonchev–Trinajstić information content (AvgIpc) is 2.66. The fourth-order valence-electron chi connectivity index (χ4n) is 0.774. The van der Waals surface area contributed by atoms with Crippen molar-refractivity contribution in [2.75, 3.05) is 13.7 Å². The summed E-state index contributed by atoms with van der Waals surface area (Å²) in [5.41, 5.74) is -0.0597. The molecule has 0 aromatic carbocycles. The molecule has 0 saturated carbocycles. The molecule has 6 nitrogen and oxygen atoms in total. The largest absolute Gasteiger partial charge is 0.464 e. The smallest absolute Gasteiger partial charge is 0.377 e. The molecule has 1 aromatic heterocycles. The van der Waals surface area contributed by atoms with Crippen molar-refractivity contribution in [2.24, 2.45) is 0 Å². The van der Waals surface area contributed by atoms with Crippen LogP contribution < -0.4 is 0 Å². The Morgan fingerprint density at radius 1 is 1.50 bits per heavy atom. The van der Waals surface area contributed by atoms with Crippen LogP contribution in [0.15, 0.2) is 10.6 Å². The number of hydrogen-bond acceptors (Lipinski definition) is 6. The van der Waals surface area contributed by atoms with Gasteiger partial charge < -0.3 is 14.0 Å². The molecular formula is C8H9NO5. The number of carbonyl (C=O) groups is 2. The summed E-state index contributed by atoms with van der Waals surface area (Å²) in [6, 6.07) is 1.17. The van der Waals surface area contributed by atoms with Crippen LogP contribution in [-0.2, 0) is 9.47 Å². The Morgan fingerprint density at radius 2 is 2.21 bits per heavy atom. The van der Waals surface area contributed by atoms with E-state index in [1.54, 1.807) is 6.92 Å². The molecule has 0 N–H and O–H groups in total. The van der Waals surface area contributed by atoms with Crippen LogP contribution >= 0.6 is 0 Å². The lowest BCUT2D eigenvalue weighted by Gasteiger charge is -1.94. The Hall–Kier alpha value is -1.85. The number of nitrogens with zero attached hydrogens (tertiary/aromatic N) is 1. The lowest BCUT2D eigenvalue weighted by molar-refractivity contribution is 0.0476. The molecule has 1 heterocycles. The minimum Gasteiger partial charge on any atom is -0.464 e. The average molecular weight is 199 g/mol. The maximum absolute atomic E-state index is 11.1. The van der Waals surface area contributed by atoms with E-state index in [-0.39, 0.29) is 18.1 Å². The molecule has 0 radical (unpaired) electrons. The molecular weight excluding hydrogens is 190 g/mol. The number of hydrogen-bond donors (Lipinski definition) is 0. The second-order valence-corrected chi connectivity index (χ2v) is 2.29. The van der Waals surface area contributed by atoms with E-state index < -0.39 is 11.9 Å². The predicted molar refractivity (Wildman–Crippen MR) is 43.8 cm³/mol. The first-order valence-corrected chi connectivity index (χ1v) is 3.91. The van der Waals surface area contributed by atoms with Crippen LogP contribution in [0.25, 0.3) is 0 Å². The van der Waals surface area contributed by atoms with Crippen molar-refractivity contribution in [3.63, 3.8) is 0 Å².